The number of H-pyrrole nitrogens is 1. The van der Waals surface area contributed by atoms with Crippen LogP contribution in [-0.4, -0.2) is 24.0 Å². The molecule has 3 aromatic rings. The lowest BCUT2D eigenvalue weighted by atomic mass is 10.3. The maximum atomic E-state index is 12.2. The van der Waals surface area contributed by atoms with Gasteiger partial charge in [-0.3, -0.25) is 9.32 Å². The number of carbonyl (C=O) groups excluding carboxylic acids is 1. The number of nitrogens with one attached hydrogen (secondary N) is 2. The van der Waals surface area contributed by atoms with Crippen LogP contribution in [0.3, 0.4) is 0 Å². The molecule has 26 heavy (non-hydrogen) atoms. The fourth-order valence-corrected chi connectivity index (χ4v) is 3.25. The predicted molar refractivity (Wildman–Crippen MR) is 97.8 cm³/mol. The molecule has 0 spiro atoms. The van der Waals surface area contributed by atoms with Crippen LogP contribution in [0.15, 0.2) is 68.9 Å². The monoisotopic (exact) mass is 372 g/mol. The Bertz CT molecular complexity index is 937. The molecule has 1 heterocycles. The molecule has 0 fully saturated rings. The zero-order valence-corrected chi connectivity index (χ0v) is 14.9. The number of amides is 1. The van der Waals surface area contributed by atoms with E-state index < -0.39 is 5.63 Å². The fourth-order valence-electron chi connectivity index (χ4n) is 2.34. The maximum Gasteiger partial charge on any atom is 0.442 e. The molecule has 1 aromatic heterocycles. The highest BCUT2D eigenvalue weighted by atomic mass is 32.2. The van der Waals surface area contributed by atoms with Crippen LogP contribution < -0.4 is 20.4 Å². The van der Waals surface area contributed by atoms with Crippen molar-refractivity contribution in [1.29, 1.82) is 0 Å². The van der Waals surface area contributed by atoms with Crippen molar-refractivity contribution in [2.75, 3.05) is 18.2 Å². The van der Waals surface area contributed by atoms with Crippen LogP contribution in [0.25, 0.3) is 5.69 Å². The summed E-state index contributed by atoms with van der Waals surface area (Å²) in [4.78, 5) is 24.1. The van der Waals surface area contributed by atoms with Gasteiger partial charge in [-0.05, 0) is 33.8 Å². The summed E-state index contributed by atoms with van der Waals surface area (Å²) < 4.78 is 11.6. The summed E-state index contributed by atoms with van der Waals surface area (Å²) in [5.74, 6) is 0.867. The first-order valence-corrected chi connectivity index (χ1v) is 8.92. The highest BCUT2D eigenvalue weighted by Gasteiger charge is 2.23. The van der Waals surface area contributed by atoms with E-state index in [-0.39, 0.29) is 12.3 Å². The summed E-state index contributed by atoms with van der Waals surface area (Å²) in [6, 6.07) is 16.5. The van der Waals surface area contributed by atoms with Crippen molar-refractivity contribution < 1.29 is 18.7 Å². The molecule has 8 heteroatoms. The van der Waals surface area contributed by atoms with Gasteiger partial charge in [0, 0.05) is 24.3 Å². The Balaban J connectivity index is 1.61. The molecule has 0 atom stereocenters. The minimum Gasteiger partial charge on any atom is -0.495 e. The van der Waals surface area contributed by atoms with Gasteiger partial charge in [0.05, 0.1) is 12.8 Å². The Morgan fingerprint density at radius 3 is 2.69 bits per heavy atom. The number of hydrogen-bond donors (Lipinski definition) is 2. The van der Waals surface area contributed by atoms with Crippen LogP contribution in [0.2, 0.25) is 0 Å². The third-order valence-corrected chi connectivity index (χ3v) is 4.60. The van der Waals surface area contributed by atoms with Crippen molar-refractivity contribution in [1.82, 2.24) is 5.27 Å². The van der Waals surface area contributed by atoms with Crippen LogP contribution in [0.4, 0.5) is 5.69 Å². The number of ether oxygens (including phenoxy) is 1. The van der Waals surface area contributed by atoms with E-state index in [0.29, 0.717) is 22.2 Å². The van der Waals surface area contributed by atoms with E-state index in [1.807, 2.05) is 42.5 Å². The second-order valence-electron chi connectivity index (χ2n) is 5.30. The van der Waals surface area contributed by atoms with Crippen LogP contribution in [-0.2, 0) is 4.79 Å². The minimum atomic E-state index is -0.469. The molecule has 1 amide bonds. The second kappa shape index (κ2) is 8.39. The standard InChI is InChI=1S/C18H17N3O4S/c1-24-15-10-6-5-9-14(15)19-16(22)11-12-26-17-18(23)25-20-21(17)13-7-3-2-4-8-13/h2-10H,11-12H2,1H3,(H-,19,20,22,23)/p+1. The smallest absolute Gasteiger partial charge is 0.442 e. The lowest BCUT2D eigenvalue weighted by molar-refractivity contribution is -0.704. The molecular formula is C18H18N3O4S+. The second-order valence-corrected chi connectivity index (χ2v) is 6.39. The van der Waals surface area contributed by atoms with E-state index in [1.165, 1.54) is 11.8 Å². The number of methoxy groups -OCH3 is 1. The molecule has 0 aliphatic carbocycles. The minimum absolute atomic E-state index is 0.159. The van der Waals surface area contributed by atoms with Gasteiger partial charge in [-0.1, -0.05) is 30.3 Å². The fraction of sp³-hybridized carbons (Fsp3) is 0.167. The van der Waals surface area contributed by atoms with Crippen LogP contribution in [0.1, 0.15) is 6.42 Å². The van der Waals surface area contributed by atoms with E-state index in [1.54, 1.807) is 23.9 Å². The zero-order valence-electron chi connectivity index (χ0n) is 14.1. The summed E-state index contributed by atoms with van der Waals surface area (Å²) in [6.45, 7) is 0. The summed E-state index contributed by atoms with van der Waals surface area (Å²) >= 11 is 1.26. The van der Waals surface area contributed by atoms with E-state index in [9.17, 15) is 9.59 Å². The topological polar surface area (TPSA) is 88.2 Å². The Morgan fingerprint density at radius 1 is 1.19 bits per heavy atom. The summed E-state index contributed by atoms with van der Waals surface area (Å²) in [7, 11) is 1.55. The maximum absolute atomic E-state index is 12.2. The number of hydrogen-bond acceptors (Lipinski definition) is 5. The quantitative estimate of drug-likeness (QED) is 0.491. The summed E-state index contributed by atoms with van der Waals surface area (Å²) in [5, 5.41) is 5.77. The third kappa shape index (κ3) is 4.15. The molecule has 0 saturated carbocycles. The average molecular weight is 372 g/mol. The lowest BCUT2D eigenvalue weighted by Crippen LogP contribution is -2.36. The first kappa shape index (κ1) is 17.8. The van der Waals surface area contributed by atoms with E-state index in [4.69, 9.17) is 9.26 Å². The zero-order chi connectivity index (χ0) is 18.4. The normalized spacial score (nSPS) is 10.5. The first-order valence-electron chi connectivity index (χ1n) is 7.93. The highest BCUT2D eigenvalue weighted by Crippen LogP contribution is 2.23. The summed E-state index contributed by atoms with van der Waals surface area (Å²) in [6.07, 6.45) is 0.238. The molecular weight excluding hydrogens is 354 g/mol. The van der Waals surface area contributed by atoms with Gasteiger partial charge in [0.25, 0.3) is 0 Å². The number of aromatic amines is 1. The van der Waals surface area contributed by atoms with Gasteiger partial charge in [0.2, 0.25) is 11.6 Å². The van der Waals surface area contributed by atoms with E-state index in [2.05, 4.69) is 10.6 Å². The molecule has 0 aliphatic heterocycles. The molecule has 2 N–H and O–H groups in total. The highest BCUT2D eigenvalue weighted by molar-refractivity contribution is 7.99. The Morgan fingerprint density at radius 2 is 1.92 bits per heavy atom. The van der Waals surface area contributed by atoms with Crippen molar-refractivity contribution in [3.8, 4) is 11.4 Å². The number of para-hydroxylation sites is 3. The van der Waals surface area contributed by atoms with Crippen molar-refractivity contribution in [2.24, 2.45) is 0 Å². The SMILES string of the molecule is COc1ccccc1NC(=O)CCSc1c(=O)o[nH][n+]1-c1ccccc1. The third-order valence-electron chi connectivity index (χ3n) is 3.57. The van der Waals surface area contributed by atoms with Gasteiger partial charge >= 0.3 is 10.7 Å². The van der Waals surface area contributed by atoms with Crippen molar-refractivity contribution in [2.45, 2.75) is 11.4 Å². The van der Waals surface area contributed by atoms with Gasteiger partial charge in [-0.2, -0.15) is 0 Å². The van der Waals surface area contributed by atoms with Crippen LogP contribution in [0, 0.1) is 0 Å². The van der Waals surface area contributed by atoms with Crippen molar-refractivity contribution >= 4 is 23.4 Å². The largest absolute Gasteiger partial charge is 0.495 e. The number of nitrogens with zero attached hydrogens (tertiary/aromatic N) is 1. The summed E-state index contributed by atoms with van der Waals surface area (Å²) in [5.41, 5.74) is 0.925. The van der Waals surface area contributed by atoms with Crippen molar-refractivity contribution in [3.63, 3.8) is 0 Å². The van der Waals surface area contributed by atoms with E-state index in [0.717, 1.165) is 5.69 Å². The average Bonchev–Trinajstić information content (AvgIpc) is 3.03. The van der Waals surface area contributed by atoms with E-state index >= 15 is 0 Å². The molecule has 0 saturated heterocycles. The number of rotatable bonds is 7. The van der Waals surface area contributed by atoms with Gasteiger partial charge < -0.3 is 10.1 Å². The molecule has 0 unspecified atom stereocenters. The number of benzene rings is 2. The number of aromatic nitrogens is 2. The molecule has 0 radical (unpaired) electrons. The molecule has 2 aromatic carbocycles. The Kier molecular flexibility index (Phi) is 5.75. The van der Waals surface area contributed by atoms with Gasteiger partial charge in [0.1, 0.15) is 5.75 Å². The van der Waals surface area contributed by atoms with Gasteiger partial charge in [-0.25, -0.2) is 4.79 Å². The number of thioether (sulfide) groups is 1. The molecule has 0 bridgehead atoms. The van der Waals surface area contributed by atoms with Crippen LogP contribution in [0.5, 0.6) is 5.75 Å². The molecule has 134 valence electrons. The van der Waals surface area contributed by atoms with Crippen molar-refractivity contribution in [3.05, 3.63) is 65.0 Å². The lowest BCUT2D eigenvalue weighted by Gasteiger charge is -2.09. The Hall–Kier alpha value is -3.00. The molecule has 7 nitrogen and oxygen atoms in total. The number of anilines is 1. The van der Waals surface area contributed by atoms with Crippen LogP contribution >= 0.6 is 11.8 Å². The predicted octanol–water partition coefficient (Wildman–Crippen LogP) is 2.37. The molecule has 0 aliphatic rings. The number of carbonyl (C=O) groups is 1. The Labute approximate surface area is 153 Å². The van der Waals surface area contributed by atoms with Gasteiger partial charge in [-0.15, -0.1) is 0 Å². The molecule has 3 rings (SSSR count). The van der Waals surface area contributed by atoms with Gasteiger partial charge in [0.15, 0.2) is 0 Å². The first-order chi connectivity index (χ1) is 12.7.